The number of nitrogens with zero attached hydrogens (tertiary/aromatic N) is 6. The number of aryl methyl sites for hydroxylation is 2. The number of benzene rings is 3. The number of hydrogen-bond acceptors (Lipinski definition) is 4. The molecule has 6 nitrogen and oxygen atoms in total. The molecule has 0 saturated heterocycles. The molecule has 0 saturated carbocycles. The van der Waals surface area contributed by atoms with E-state index >= 15 is 0 Å². The SMILES string of the molecule is Cc1cc(-c2cc(-n3c4ccccc4c4ccncc43)c(C#N)c(-n3c4ccccc4c4ccncc43)c2)cc(C)n1. The number of hydrogen-bond donors (Lipinski definition) is 0. The maximum atomic E-state index is 10.9. The van der Waals surface area contributed by atoms with Crippen molar-refractivity contribution in [3.63, 3.8) is 0 Å². The maximum Gasteiger partial charge on any atom is 0.104 e. The maximum absolute atomic E-state index is 10.9. The molecule has 3 aromatic carbocycles. The average molecular weight is 541 g/mol. The third-order valence-electron chi connectivity index (χ3n) is 8.06. The highest BCUT2D eigenvalue weighted by atomic mass is 15.0. The van der Waals surface area contributed by atoms with E-state index in [1.807, 2.05) is 75.0 Å². The number of rotatable bonds is 3. The molecule has 0 amide bonds. The van der Waals surface area contributed by atoms with Crippen LogP contribution < -0.4 is 0 Å². The fourth-order valence-corrected chi connectivity index (χ4v) is 6.40. The lowest BCUT2D eigenvalue weighted by Crippen LogP contribution is -2.05. The van der Waals surface area contributed by atoms with Gasteiger partial charge in [-0.25, -0.2) is 0 Å². The van der Waals surface area contributed by atoms with Gasteiger partial charge in [0.05, 0.1) is 45.8 Å². The molecular formula is C36H24N6. The number of fused-ring (bicyclic) bond motifs is 6. The summed E-state index contributed by atoms with van der Waals surface area (Å²) in [5.41, 5.74) is 10.0. The van der Waals surface area contributed by atoms with Gasteiger partial charge in [-0.1, -0.05) is 36.4 Å². The first-order valence-corrected chi connectivity index (χ1v) is 13.8. The first-order valence-electron chi connectivity index (χ1n) is 13.8. The Morgan fingerprint density at radius 2 is 1.02 bits per heavy atom. The summed E-state index contributed by atoms with van der Waals surface area (Å²) in [7, 11) is 0. The van der Waals surface area contributed by atoms with E-state index in [-0.39, 0.29) is 0 Å². The van der Waals surface area contributed by atoms with E-state index in [1.54, 1.807) is 0 Å². The first-order chi connectivity index (χ1) is 20.6. The first kappa shape index (κ1) is 24.0. The van der Waals surface area contributed by atoms with Crippen LogP contribution in [0.3, 0.4) is 0 Å². The van der Waals surface area contributed by atoms with Crippen LogP contribution in [0.25, 0.3) is 66.1 Å². The van der Waals surface area contributed by atoms with Crippen LogP contribution in [0.2, 0.25) is 0 Å². The molecule has 0 aliphatic heterocycles. The Balaban J connectivity index is 1.58. The molecule has 0 radical (unpaired) electrons. The zero-order valence-corrected chi connectivity index (χ0v) is 23.1. The molecule has 0 atom stereocenters. The van der Waals surface area contributed by atoms with Crippen molar-refractivity contribution in [2.24, 2.45) is 0 Å². The van der Waals surface area contributed by atoms with E-state index in [1.165, 1.54) is 0 Å². The normalized spacial score (nSPS) is 11.5. The Labute approximate surface area is 241 Å². The van der Waals surface area contributed by atoms with Crippen molar-refractivity contribution >= 4 is 43.6 Å². The van der Waals surface area contributed by atoms with Crippen molar-refractivity contribution in [2.75, 3.05) is 0 Å². The highest BCUT2D eigenvalue weighted by Crippen LogP contribution is 2.39. The minimum absolute atomic E-state index is 0.569. The average Bonchev–Trinajstić information content (AvgIpc) is 3.53. The quantitative estimate of drug-likeness (QED) is 0.226. The zero-order chi connectivity index (χ0) is 28.4. The van der Waals surface area contributed by atoms with Crippen LogP contribution in [-0.2, 0) is 0 Å². The van der Waals surface area contributed by atoms with Gasteiger partial charge in [0.2, 0.25) is 0 Å². The number of pyridine rings is 3. The molecule has 8 aromatic rings. The monoisotopic (exact) mass is 540 g/mol. The second-order valence-electron chi connectivity index (χ2n) is 10.6. The van der Waals surface area contributed by atoms with Gasteiger partial charge in [-0.2, -0.15) is 5.26 Å². The minimum Gasteiger partial charge on any atom is -0.306 e. The summed E-state index contributed by atoms with van der Waals surface area (Å²) in [6.07, 6.45) is 7.40. The molecule has 0 bridgehead atoms. The highest BCUT2D eigenvalue weighted by molar-refractivity contribution is 6.10. The summed E-state index contributed by atoms with van der Waals surface area (Å²) in [6.45, 7) is 4.03. The van der Waals surface area contributed by atoms with E-state index < -0.39 is 0 Å². The van der Waals surface area contributed by atoms with E-state index in [0.29, 0.717) is 5.56 Å². The van der Waals surface area contributed by atoms with Crippen molar-refractivity contribution in [3.8, 4) is 28.6 Å². The summed E-state index contributed by atoms with van der Waals surface area (Å²) < 4.78 is 4.35. The topological polar surface area (TPSA) is 72.3 Å². The van der Waals surface area contributed by atoms with Gasteiger partial charge in [0.25, 0.3) is 0 Å². The van der Waals surface area contributed by atoms with Gasteiger partial charge in [-0.3, -0.25) is 15.0 Å². The predicted octanol–water partition coefficient (Wildman–Crippen LogP) is 8.22. The van der Waals surface area contributed by atoms with Crippen LogP contribution in [0, 0.1) is 25.2 Å². The predicted molar refractivity (Wildman–Crippen MR) is 168 cm³/mol. The van der Waals surface area contributed by atoms with Crippen molar-refractivity contribution in [3.05, 3.63) is 127 Å². The van der Waals surface area contributed by atoms with Gasteiger partial charge >= 0.3 is 0 Å². The van der Waals surface area contributed by atoms with E-state index in [9.17, 15) is 5.26 Å². The third kappa shape index (κ3) is 3.47. The molecule has 0 unspecified atom stereocenters. The number of aromatic nitrogens is 5. The van der Waals surface area contributed by atoms with Crippen molar-refractivity contribution in [2.45, 2.75) is 13.8 Å². The van der Waals surface area contributed by atoms with Gasteiger partial charge in [0.15, 0.2) is 0 Å². The van der Waals surface area contributed by atoms with Gasteiger partial charge in [-0.15, -0.1) is 0 Å². The Hall–Kier alpha value is -5.80. The highest BCUT2D eigenvalue weighted by Gasteiger charge is 2.22. The summed E-state index contributed by atoms with van der Waals surface area (Å²) >= 11 is 0. The van der Waals surface area contributed by atoms with Crippen molar-refractivity contribution in [1.82, 2.24) is 24.1 Å². The van der Waals surface area contributed by atoms with Crippen LogP contribution in [0.4, 0.5) is 0 Å². The Morgan fingerprint density at radius 1 is 0.571 bits per heavy atom. The van der Waals surface area contributed by atoms with Gasteiger partial charge < -0.3 is 9.13 Å². The molecule has 42 heavy (non-hydrogen) atoms. The molecule has 0 spiro atoms. The fourth-order valence-electron chi connectivity index (χ4n) is 6.40. The Morgan fingerprint density at radius 3 is 1.52 bits per heavy atom. The van der Waals surface area contributed by atoms with Gasteiger partial charge in [-0.05, 0) is 73.5 Å². The van der Waals surface area contributed by atoms with E-state index in [4.69, 9.17) is 0 Å². The summed E-state index contributed by atoms with van der Waals surface area (Å²) in [6, 6.07) is 31.8. The van der Waals surface area contributed by atoms with Gasteiger partial charge in [0, 0.05) is 45.3 Å². The van der Waals surface area contributed by atoms with E-state index in [2.05, 4.69) is 78.7 Å². The molecule has 8 rings (SSSR count). The second kappa shape index (κ2) is 9.12. The molecule has 5 heterocycles. The summed E-state index contributed by atoms with van der Waals surface area (Å²) in [5.74, 6) is 0. The Bertz CT molecular complexity index is 2140. The Kier molecular flexibility index (Phi) is 5.22. The molecule has 0 aliphatic carbocycles. The van der Waals surface area contributed by atoms with Crippen LogP contribution in [0.15, 0.2) is 110 Å². The number of nitriles is 1. The molecule has 198 valence electrons. The van der Waals surface area contributed by atoms with Crippen LogP contribution in [-0.4, -0.2) is 24.1 Å². The molecule has 0 N–H and O–H groups in total. The molecule has 0 fully saturated rings. The summed E-state index contributed by atoms with van der Waals surface area (Å²) in [5, 5.41) is 15.3. The number of para-hydroxylation sites is 2. The zero-order valence-electron chi connectivity index (χ0n) is 23.1. The van der Waals surface area contributed by atoms with Crippen LogP contribution in [0.5, 0.6) is 0 Å². The lowest BCUT2D eigenvalue weighted by atomic mass is 9.99. The third-order valence-corrected chi connectivity index (χ3v) is 8.06. The van der Waals surface area contributed by atoms with Crippen LogP contribution in [0.1, 0.15) is 17.0 Å². The lowest BCUT2D eigenvalue weighted by molar-refractivity contribution is 1.10. The lowest BCUT2D eigenvalue weighted by Gasteiger charge is -2.18. The van der Waals surface area contributed by atoms with E-state index in [0.717, 1.165) is 77.5 Å². The van der Waals surface area contributed by atoms with Crippen molar-refractivity contribution in [1.29, 1.82) is 5.26 Å². The summed E-state index contributed by atoms with van der Waals surface area (Å²) in [4.78, 5) is 13.6. The second-order valence-corrected chi connectivity index (χ2v) is 10.6. The molecule has 0 aliphatic rings. The fraction of sp³-hybridized carbons (Fsp3) is 0.0556. The van der Waals surface area contributed by atoms with Crippen LogP contribution >= 0.6 is 0 Å². The molecular weight excluding hydrogens is 516 g/mol. The molecule has 6 heteroatoms. The van der Waals surface area contributed by atoms with Gasteiger partial charge in [0.1, 0.15) is 11.6 Å². The smallest absolute Gasteiger partial charge is 0.104 e. The minimum atomic E-state index is 0.569. The van der Waals surface area contributed by atoms with Crippen molar-refractivity contribution < 1.29 is 0 Å². The molecule has 5 aromatic heterocycles. The standard InChI is InChI=1S/C36H24N6/c1-22-15-24(16-23(2)40-22)25-17-33(41-31-9-5-3-7-26(31)28-11-13-38-20-35(28)41)30(19-37)34(18-25)42-32-10-6-4-8-27(32)29-12-14-39-21-36(29)42/h3-18,20-21H,1-2H3. The largest absolute Gasteiger partial charge is 0.306 e.